The van der Waals surface area contributed by atoms with Crippen LogP contribution in [0.15, 0.2) is 36.0 Å². The van der Waals surface area contributed by atoms with Gasteiger partial charge in [-0.3, -0.25) is 0 Å². The van der Waals surface area contributed by atoms with Crippen molar-refractivity contribution >= 4 is 11.8 Å². The normalized spacial score (nSPS) is 16.5. The minimum atomic E-state index is -0.515. The number of nitrogens with one attached hydrogen (secondary N) is 1. The maximum absolute atomic E-state index is 12.2. The first-order chi connectivity index (χ1) is 12.8. The number of carbonyl (C=O) groups is 1. The molecule has 0 bridgehead atoms. The van der Waals surface area contributed by atoms with Crippen LogP contribution in [0, 0.1) is 22.7 Å². The third-order valence-electron chi connectivity index (χ3n) is 3.81. The molecule has 1 aliphatic rings. The molecule has 1 aliphatic heterocycles. The van der Waals surface area contributed by atoms with Crippen LogP contribution in [0.25, 0.3) is 0 Å². The second kappa shape index (κ2) is 8.95. The van der Waals surface area contributed by atoms with Crippen LogP contribution in [0.4, 0.5) is 10.5 Å². The Morgan fingerprint density at radius 3 is 2.52 bits per heavy atom. The van der Waals surface area contributed by atoms with E-state index in [1.165, 1.54) is 6.20 Å². The fraction of sp³-hybridized carbons (Fsp3) is 0.450. The molecule has 27 heavy (non-hydrogen) atoms. The molecule has 1 atom stereocenters. The van der Waals surface area contributed by atoms with E-state index in [4.69, 9.17) is 20.0 Å². The summed E-state index contributed by atoms with van der Waals surface area (Å²) in [5.41, 5.74) is 0.225. The molecule has 142 valence electrons. The zero-order valence-corrected chi connectivity index (χ0v) is 15.9. The molecule has 0 aliphatic carbocycles. The molecule has 7 nitrogen and oxygen atoms in total. The summed E-state index contributed by atoms with van der Waals surface area (Å²) < 4.78 is 11.4. The van der Waals surface area contributed by atoms with E-state index in [2.05, 4.69) is 5.32 Å². The van der Waals surface area contributed by atoms with E-state index in [0.717, 1.165) is 18.5 Å². The number of benzene rings is 1. The Hall–Kier alpha value is -3.19. The number of hydrogen-bond acceptors (Lipinski definition) is 6. The fourth-order valence-corrected chi connectivity index (χ4v) is 2.59. The van der Waals surface area contributed by atoms with Gasteiger partial charge >= 0.3 is 6.09 Å². The van der Waals surface area contributed by atoms with Crippen molar-refractivity contribution in [3.63, 3.8) is 0 Å². The summed E-state index contributed by atoms with van der Waals surface area (Å²) in [7, 11) is 0. The van der Waals surface area contributed by atoms with Crippen molar-refractivity contribution in [3.05, 3.63) is 36.0 Å². The van der Waals surface area contributed by atoms with Gasteiger partial charge in [-0.15, -0.1) is 0 Å². The molecule has 1 amide bonds. The molecule has 0 saturated carbocycles. The highest BCUT2D eigenvalue weighted by Crippen LogP contribution is 2.22. The summed E-state index contributed by atoms with van der Waals surface area (Å²) in [6.07, 6.45) is 2.69. The number of nitriles is 2. The molecule has 1 fully saturated rings. The zero-order chi connectivity index (χ0) is 19.9. The summed E-state index contributed by atoms with van der Waals surface area (Å²) in [6, 6.07) is 10.8. The Morgan fingerprint density at radius 2 is 1.93 bits per heavy atom. The number of nitrogens with zero attached hydrogens (tertiary/aromatic N) is 3. The lowest BCUT2D eigenvalue weighted by molar-refractivity contribution is 0.00776. The number of allylic oxidation sites excluding steroid dienone is 1. The summed E-state index contributed by atoms with van der Waals surface area (Å²) in [4.78, 5) is 13.9. The highest BCUT2D eigenvalue weighted by Gasteiger charge is 2.28. The van der Waals surface area contributed by atoms with Crippen LogP contribution in [0.5, 0.6) is 5.75 Å². The Morgan fingerprint density at radius 1 is 1.26 bits per heavy atom. The monoisotopic (exact) mass is 368 g/mol. The minimum absolute atomic E-state index is 0.000216. The Kier molecular flexibility index (Phi) is 6.67. The number of anilines is 1. The smallest absolute Gasteiger partial charge is 0.410 e. The molecule has 1 heterocycles. The molecule has 0 spiro atoms. The molecule has 1 unspecified atom stereocenters. The molecule has 1 saturated heterocycles. The quantitative estimate of drug-likeness (QED) is 0.812. The summed E-state index contributed by atoms with van der Waals surface area (Å²) in [6.45, 7) is 6.72. The molecule has 7 heteroatoms. The van der Waals surface area contributed by atoms with E-state index in [9.17, 15) is 4.79 Å². The van der Waals surface area contributed by atoms with Gasteiger partial charge in [-0.05, 0) is 57.9 Å². The van der Waals surface area contributed by atoms with Gasteiger partial charge in [0.05, 0.1) is 6.54 Å². The number of rotatable bonds is 4. The van der Waals surface area contributed by atoms with Gasteiger partial charge in [-0.25, -0.2) is 4.79 Å². The van der Waals surface area contributed by atoms with Crippen LogP contribution in [-0.4, -0.2) is 35.8 Å². The van der Waals surface area contributed by atoms with Gasteiger partial charge < -0.3 is 19.7 Å². The lowest BCUT2D eigenvalue weighted by atomic mass is 10.1. The lowest BCUT2D eigenvalue weighted by Crippen LogP contribution is -2.46. The van der Waals surface area contributed by atoms with Crippen LogP contribution >= 0.6 is 0 Å². The topological polar surface area (TPSA) is 98.4 Å². The number of carbonyl (C=O) groups excluding carboxylic acids is 1. The largest absolute Gasteiger partial charge is 0.489 e. The van der Waals surface area contributed by atoms with E-state index < -0.39 is 5.60 Å². The highest BCUT2D eigenvalue weighted by atomic mass is 16.6. The van der Waals surface area contributed by atoms with Crippen molar-refractivity contribution in [2.45, 2.75) is 45.3 Å². The standard InChI is InChI=1S/C20H24N4O3/c1-20(2,3)27-19(25)24-10-4-5-18(14-24)26-17-8-6-16(7-9-17)23-13-15(11-21)12-22/h6-9,13,18,23H,4-5,10,14H2,1-3H3. The third kappa shape index (κ3) is 6.56. The van der Waals surface area contributed by atoms with E-state index in [-0.39, 0.29) is 17.8 Å². The van der Waals surface area contributed by atoms with Crippen molar-refractivity contribution in [1.29, 1.82) is 10.5 Å². The average Bonchev–Trinajstić information content (AvgIpc) is 2.63. The van der Waals surface area contributed by atoms with Crippen LogP contribution in [0.3, 0.4) is 0 Å². The Labute approximate surface area is 159 Å². The zero-order valence-electron chi connectivity index (χ0n) is 15.9. The van der Waals surface area contributed by atoms with Crippen LogP contribution in [-0.2, 0) is 4.74 Å². The summed E-state index contributed by atoms with van der Waals surface area (Å²) in [5.74, 6) is 0.696. The summed E-state index contributed by atoms with van der Waals surface area (Å²) >= 11 is 0. The van der Waals surface area contributed by atoms with E-state index in [0.29, 0.717) is 18.8 Å². The number of amides is 1. The second-order valence-corrected chi connectivity index (χ2v) is 7.26. The third-order valence-corrected chi connectivity index (χ3v) is 3.81. The predicted octanol–water partition coefficient (Wildman–Crippen LogP) is 3.81. The van der Waals surface area contributed by atoms with Crippen LogP contribution in [0.1, 0.15) is 33.6 Å². The van der Waals surface area contributed by atoms with E-state index in [1.54, 1.807) is 41.3 Å². The number of piperidine rings is 1. The second-order valence-electron chi connectivity index (χ2n) is 7.26. The van der Waals surface area contributed by atoms with E-state index >= 15 is 0 Å². The van der Waals surface area contributed by atoms with Crippen molar-refractivity contribution < 1.29 is 14.3 Å². The SMILES string of the molecule is CC(C)(C)OC(=O)N1CCCC(Oc2ccc(NC=C(C#N)C#N)cc2)C1. The van der Waals surface area contributed by atoms with Crippen molar-refractivity contribution in [2.75, 3.05) is 18.4 Å². The van der Waals surface area contributed by atoms with Crippen molar-refractivity contribution in [2.24, 2.45) is 0 Å². The first-order valence-corrected chi connectivity index (χ1v) is 8.82. The molecule has 1 N–H and O–H groups in total. The minimum Gasteiger partial charge on any atom is -0.489 e. The highest BCUT2D eigenvalue weighted by molar-refractivity contribution is 5.68. The molecule has 1 aromatic rings. The maximum atomic E-state index is 12.2. The maximum Gasteiger partial charge on any atom is 0.410 e. The van der Waals surface area contributed by atoms with Gasteiger partial charge in [0.2, 0.25) is 0 Å². The number of hydrogen-bond donors (Lipinski definition) is 1. The lowest BCUT2D eigenvalue weighted by Gasteiger charge is -2.34. The Balaban J connectivity index is 1.91. The van der Waals surface area contributed by atoms with Crippen molar-refractivity contribution in [1.82, 2.24) is 4.90 Å². The molecule has 2 rings (SSSR count). The van der Waals surface area contributed by atoms with Crippen LogP contribution in [0.2, 0.25) is 0 Å². The number of ether oxygens (including phenoxy) is 2. The molecule has 1 aromatic carbocycles. The molecular weight excluding hydrogens is 344 g/mol. The average molecular weight is 368 g/mol. The van der Waals surface area contributed by atoms with Crippen molar-refractivity contribution in [3.8, 4) is 17.9 Å². The predicted molar refractivity (Wildman–Crippen MR) is 101 cm³/mol. The molecular formula is C20H24N4O3. The fourth-order valence-electron chi connectivity index (χ4n) is 2.59. The van der Waals surface area contributed by atoms with Crippen LogP contribution < -0.4 is 10.1 Å². The summed E-state index contributed by atoms with van der Waals surface area (Å²) in [5, 5.41) is 20.3. The van der Waals surface area contributed by atoms with Gasteiger partial charge in [0.1, 0.15) is 35.2 Å². The Bertz CT molecular complexity index is 750. The van der Waals surface area contributed by atoms with Gasteiger partial charge in [0, 0.05) is 18.4 Å². The first-order valence-electron chi connectivity index (χ1n) is 8.82. The molecule has 0 radical (unpaired) electrons. The van der Waals surface area contributed by atoms with E-state index in [1.807, 2.05) is 20.8 Å². The van der Waals surface area contributed by atoms with Gasteiger partial charge in [0.15, 0.2) is 0 Å². The number of likely N-dealkylation sites (tertiary alicyclic amines) is 1. The molecule has 0 aromatic heterocycles. The first kappa shape index (κ1) is 20.1. The van der Waals surface area contributed by atoms with Gasteiger partial charge in [-0.2, -0.15) is 10.5 Å². The van der Waals surface area contributed by atoms with Gasteiger partial charge in [0.25, 0.3) is 0 Å². The van der Waals surface area contributed by atoms with Gasteiger partial charge in [-0.1, -0.05) is 0 Å².